The van der Waals surface area contributed by atoms with Crippen molar-refractivity contribution in [1.29, 1.82) is 0 Å². The molecule has 1 N–H and O–H groups in total. The number of benzene rings is 2. The Kier molecular flexibility index (Phi) is 4.10. The van der Waals surface area contributed by atoms with Gasteiger partial charge in [0.15, 0.2) is 0 Å². The van der Waals surface area contributed by atoms with Gasteiger partial charge in [-0.05, 0) is 24.3 Å². The Bertz CT molecular complexity index is 811. The van der Waals surface area contributed by atoms with Crippen LogP contribution in [0.25, 0.3) is 0 Å². The highest BCUT2D eigenvalue weighted by molar-refractivity contribution is 6.08. The summed E-state index contributed by atoms with van der Waals surface area (Å²) in [6, 6.07) is 17.5. The van der Waals surface area contributed by atoms with Crippen LogP contribution in [0.2, 0.25) is 0 Å². The van der Waals surface area contributed by atoms with Crippen LogP contribution < -0.4 is 10.2 Å². The van der Waals surface area contributed by atoms with Crippen LogP contribution in [0.1, 0.15) is 10.4 Å². The van der Waals surface area contributed by atoms with Crippen molar-refractivity contribution in [3.05, 3.63) is 72.6 Å². The van der Waals surface area contributed by atoms with Crippen molar-refractivity contribution in [2.45, 2.75) is 0 Å². The van der Waals surface area contributed by atoms with Crippen LogP contribution in [0.3, 0.4) is 0 Å². The number of carbonyl (C=O) groups excluding carboxylic acids is 1. The van der Waals surface area contributed by atoms with Gasteiger partial charge in [0.25, 0.3) is 5.91 Å². The fraction of sp³-hybridized carbons (Fsp3) is 0.111. The topological polar surface area (TPSA) is 50.2 Å². The highest BCUT2D eigenvalue weighted by Gasteiger charge is 2.15. The molecule has 0 spiro atoms. The van der Waals surface area contributed by atoms with Gasteiger partial charge < -0.3 is 10.2 Å². The fourth-order valence-corrected chi connectivity index (χ4v) is 2.43. The number of anilines is 3. The van der Waals surface area contributed by atoms with E-state index in [0.717, 1.165) is 11.4 Å². The van der Waals surface area contributed by atoms with Crippen molar-refractivity contribution in [2.75, 3.05) is 17.3 Å². The molecule has 0 aliphatic rings. The minimum atomic E-state index is -0.156. The van der Waals surface area contributed by atoms with Crippen molar-refractivity contribution in [3.63, 3.8) is 0 Å². The lowest BCUT2D eigenvalue weighted by atomic mass is 10.1. The first kappa shape index (κ1) is 14.8. The highest BCUT2D eigenvalue weighted by atomic mass is 16.1. The average Bonchev–Trinajstić information content (AvgIpc) is 3.00. The Balaban J connectivity index is 1.90. The minimum absolute atomic E-state index is 0.156. The zero-order chi connectivity index (χ0) is 16.2. The third-order valence-electron chi connectivity index (χ3n) is 3.62. The van der Waals surface area contributed by atoms with E-state index in [2.05, 4.69) is 10.4 Å². The monoisotopic (exact) mass is 306 g/mol. The SMILES string of the molecule is CN(c1ccccc1)c1ccccc1C(=O)Nc1cnn(C)c1. The Hall–Kier alpha value is -3.08. The fourth-order valence-electron chi connectivity index (χ4n) is 2.43. The van der Waals surface area contributed by atoms with Crippen LogP contribution in [-0.4, -0.2) is 22.7 Å². The van der Waals surface area contributed by atoms with E-state index in [4.69, 9.17) is 0 Å². The molecule has 2 aromatic carbocycles. The first-order valence-electron chi connectivity index (χ1n) is 7.33. The summed E-state index contributed by atoms with van der Waals surface area (Å²) < 4.78 is 1.65. The number of hydrogen-bond donors (Lipinski definition) is 1. The maximum atomic E-state index is 12.6. The van der Waals surface area contributed by atoms with Crippen molar-refractivity contribution in [2.24, 2.45) is 7.05 Å². The number of para-hydroxylation sites is 2. The predicted molar refractivity (Wildman–Crippen MR) is 92.1 cm³/mol. The summed E-state index contributed by atoms with van der Waals surface area (Å²) in [4.78, 5) is 14.6. The van der Waals surface area contributed by atoms with Crippen molar-refractivity contribution < 1.29 is 4.79 Å². The molecule has 0 atom stereocenters. The molecule has 1 aromatic heterocycles. The minimum Gasteiger partial charge on any atom is -0.344 e. The van der Waals surface area contributed by atoms with E-state index < -0.39 is 0 Å². The summed E-state index contributed by atoms with van der Waals surface area (Å²) in [5.74, 6) is -0.156. The number of nitrogens with one attached hydrogen (secondary N) is 1. The van der Waals surface area contributed by atoms with E-state index in [1.807, 2.05) is 73.6 Å². The summed E-state index contributed by atoms with van der Waals surface area (Å²) in [5.41, 5.74) is 3.16. The van der Waals surface area contributed by atoms with Gasteiger partial charge in [-0.1, -0.05) is 30.3 Å². The number of amides is 1. The van der Waals surface area contributed by atoms with E-state index in [-0.39, 0.29) is 5.91 Å². The van der Waals surface area contributed by atoms with Gasteiger partial charge in [0.2, 0.25) is 0 Å². The molecule has 0 unspecified atom stereocenters. The van der Waals surface area contributed by atoms with Crippen LogP contribution in [0.15, 0.2) is 67.0 Å². The van der Waals surface area contributed by atoms with Crippen molar-refractivity contribution in [1.82, 2.24) is 9.78 Å². The molecule has 0 aliphatic carbocycles. The van der Waals surface area contributed by atoms with Crippen LogP contribution in [0.4, 0.5) is 17.1 Å². The molecule has 1 heterocycles. The van der Waals surface area contributed by atoms with Gasteiger partial charge in [0, 0.05) is 26.0 Å². The zero-order valence-corrected chi connectivity index (χ0v) is 13.1. The first-order chi connectivity index (χ1) is 11.1. The highest BCUT2D eigenvalue weighted by Crippen LogP contribution is 2.27. The maximum Gasteiger partial charge on any atom is 0.257 e. The van der Waals surface area contributed by atoms with Gasteiger partial charge in [-0.25, -0.2) is 0 Å². The summed E-state index contributed by atoms with van der Waals surface area (Å²) >= 11 is 0. The van der Waals surface area contributed by atoms with E-state index >= 15 is 0 Å². The van der Waals surface area contributed by atoms with Gasteiger partial charge in [-0.2, -0.15) is 5.10 Å². The molecule has 0 fully saturated rings. The summed E-state index contributed by atoms with van der Waals surface area (Å²) in [5, 5.41) is 6.94. The molecule has 116 valence electrons. The van der Waals surface area contributed by atoms with Gasteiger partial charge >= 0.3 is 0 Å². The second-order valence-electron chi connectivity index (χ2n) is 5.27. The molecule has 0 saturated heterocycles. The van der Waals surface area contributed by atoms with E-state index in [9.17, 15) is 4.79 Å². The van der Waals surface area contributed by atoms with Crippen molar-refractivity contribution >= 4 is 23.0 Å². The van der Waals surface area contributed by atoms with Gasteiger partial charge in [-0.3, -0.25) is 9.48 Å². The summed E-state index contributed by atoms with van der Waals surface area (Å²) in [7, 11) is 3.76. The number of aryl methyl sites for hydroxylation is 1. The molecule has 3 rings (SSSR count). The molecular weight excluding hydrogens is 288 g/mol. The van der Waals surface area contributed by atoms with Crippen molar-refractivity contribution in [3.8, 4) is 0 Å². The smallest absolute Gasteiger partial charge is 0.257 e. The maximum absolute atomic E-state index is 12.6. The van der Waals surface area contributed by atoms with Crippen LogP contribution in [-0.2, 0) is 7.05 Å². The predicted octanol–water partition coefficient (Wildman–Crippen LogP) is 3.44. The molecule has 5 nitrogen and oxygen atoms in total. The molecule has 3 aromatic rings. The average molecular weight is 306 g/mol. The molecular formula is C18H18N4O. The number of aromatic nitrogens is 2. The Morgan fingerprint density at radius 2 is 1.78 bits per heavy atom. The van der Waals surface area contributed by atoms with Crippen LogP contribution in [0.5, 0.6) is 0 Å². The lowest BCUT2D eigenvalue weighted by Gasteiger charge is -2.22. The molecule has 0 radical (unpaired) electrons. The third kappa shape index (κ3) is 3.23. The van der Waals surface area contributed by atoms with Gasteiger partial charge in [-0.15, -0.1) is 0 Å². The van der Waals surface area contributed by atoms with Gasteiger partial charge in [0.05, 0.1) is 23.1 Å². The molecule has 1 amide bonds. The Morgan fingerprint density at radius 3 is 2.48 bits per heavy atom. The van der Waals surface area contributed by atoms with Gasteiger partial charge in [0.1, 0.15) is 0 Å². The molecule has 0 aliphatic heterocycles. The lowest BCUT2D eigenvalue weighted by Crippen LogP contribution is -2.18. The molecule has 23 heavy (non-hydrogen) atoms. The third-order valence-corrected chi connectivity index (χ3v) is 3.62. The standard InChI is InChI=1S/C18H18N4O/c1-21-13-14(12-19-21)20-18(23)16-10-6-7-11-17(16)22(2)15-8-4-3-5-9-15/h3-13H,1-2H3,(H,20,23). The van der Waals surface area contributed by atoms with Crippen LogP contribution >= 0.6 is 0 Å². The normalized spacial score (nSPS) is 10.3. The molecule has 0 saturated carbocycles. The quantitative estimate of drug-likeness (QED) is 0.803. The molecule has 5 heteroatoms. The van der Waals surface area contributed by atoms with E-state index in [0.29, 0.717) is 11.3 Å². The number of nitrogens with zero attached hydrogens (tertiary/aromatic N) is 3. The second-order valence-corrected chi connectivity index (χ2v) is 5.27. The summed E-state index contributed by atoms with van der Waals surface area (Å²) in [6.45, 7) is 0. The second kappa shape index (κ2) is 6.36. The number of rotatable bonds is 4. The first-order valence-corrected chi connectivity index (χ1v) is 7.33. The summed E-state index contributed by atoms with van der Waals surface area (Å²) in [6.07, 6.45) is 3.39. The van der Waals surface area contributed by atoms with E-state index in [1.165, 1.54) is 0 Å². The Labute approximate surface area is 135 Å². The molecule has 0 bridgehead atoms. The number of hydrogen-bond acceptors (Lipinski definition) is 3. The van der Waals surface area contributed by atoms with E-state index in [1.54, 1.807) is 17.1 Å². The largest absolute Gasteiger partial charge is 0.344 e. The number of carbonyl (C=O) groups is 1. The Morgan fingerprint density at radius 1 is 1.09 bits per heavy atom. The van der Waals surface area contributed by atoms with Crippen LogP contribution in [0, 0.1) is 0 Å². The zero-order valence-electron chi connectivity index (χ0n) is 13.1. The lowest BCUT2D eigenvalue weighted by molar-refractivity contribution is 0.102.